The van der Waals surface area contributed by atoms with Crippen LogP contribution in [-0.2, 0) is 0 Å². The Labute approximate surface area is 162 Å². The summed E-state index contributed by atoms with van der Waals surface area (Å²) in [5.74, 6) is 2.45. The highest BCUT2D eigenvalue weighted by Crippen LogP contribution is 2.41. The maximum absolute atomic E-state index is 13.8. The first-order valence-electron chi connectivity index (χ1n) is 11.1. The number of nitrogens with zero attached hydrogens (tertiary/aromatic N) is 1. The van der Waals surface area contributed by atoms with Gasteiger partial charge in [0.25, 0.3) is 0 Å². The van der Waals surface area contributed by atoms with Crippen molar-refractivity contribution in [2.75, 3.05) is 20.1 Å². The molecule has 2 saturated carbocycles. The lowest BCUT2D eigenvalue weighted by atomic mass is 9.74. The molecule has 3 fully saturated rings. The molecule has 0 aromatic heterocycles. The van der Waals surface area contributed by atoms with Crippen molar-refractivity contribution in [1.82, 2.24) is 4.90 Å². The fraction of sp³-hybridized carbons (Fsp3) is 1.00. The van der Waals surface area contributed by atoms with Crippen molar-refractivity contribution in [3.05, 3.63) is 0 Å². The summed E-state index contributed by atoms with van der Waals surface area (Å²) in [6.45, 7) is 14.3. The van der Waals surface area contributed by atoms with E-state index in [0.29, 0.717) is 12.8 Å². The quantitative estimate of drug-likeness (QED) is 0.512. The zero-order valence-corrected chi connectivity index (χ0v) is 18.6. The number of rotatable bonds is 3. The molecule has 1 saturated heterocycles. The highest BCUT2D eigenvalue weighted by atomic mass is 19.1. The number of hydrogen-bond acceptors (Lipinski definition) is 1. The monoisotopic (exact) mass is 373 g/mol. The Hall–Kier alpha value is -0.180. The molecule has 26 heavy (non-hydrogen) atoms. The van der Waals surface area contributed by atoms with Gasteiger partial charge >= 0.3 is 0 Å². The SMILES string of the molecule is CC(C)C1(F)CCC1.CC(C)C1(F)CCN(C)CC1.CC(C)C1CCC1. The molecule has 0 aromatic carbocycles. The van der Waals surface area contributed by atoms with Crippen LogP contribution >= 0.6 is 0 Å². The van der Waals surface area contributed by atoms with E-state index in [1.807, 2.05) is 27.7 Å². The molecule has 0 aromatic rings. The third kappa shape index (κ3) is 7.09. The molecule has 0 atom stereocenters. The lowest BCUT2D eigenvalue weighted by molar-refractivity contribution is 0.0145. The van der Waals surface area contributed by atoms with Gasteiger partial charge in [0.1, 0.15) is 11.3 Å². The molecular weight excluding hydrogens is 328 g/mol. The summed E-state index contributed by atoms with van der Waals surface area (Å²) in [4.78, 5) is 2.19. The lowest BCUT2D eigenvalue weighted by Gasteiger charge is -2.37. The first-order chi connectivity index (χ1) is 12.0. The third-order valence-electron chi connectivity index (χ3n) is 7.17. The van der Waals surface area contributed by atoms with Gasteiger partial charge in [-0.2, -0.15) is 0 Å². The fourth-order valence-corrected chi connectivity index (χ4v) is 3.77. The molecule has 0 unspecified atom stereocenters. The number of alkyl halides is 2. The van der Waals surface area contributed by atoms with Crippen LogP contribution in [0.2, 0.25) is 0 Å². The van der Waals surface area contributed by atoms with E-state index in [1.54, 1.807) is 0 Å². The van der Waals surface area contributed by atoms with Gasteiger partial charge in [0.05, 0.1) is 0 Å². The molecule has 1 nitrogen and oxygen atoms in total. The molecule has 0 amide bonds. The van der Waals surface area contributed by atoms with Gasteiger partial charge in [-0.3, -0.25) is 0 Å². The molecule has 0 N–H and O–H groups in total. The normalized spacial score (nSPS) is 24.9. The number of hydrogen-bond donors (Lipinski definition) is 0. The van der Waals surface area contributed by atoms with Crippen LogP contribution in [0.5, 0.6) is 0 Å². The smallest absolute Gasteiger partial charge is 0.115 e. The molecule has 3 heteroatoms. The predicted octanol–water partition coefficient (Wildman–Crippen LogP) is 7.05. The van der Waals surface area contributed by atoms with Crippen molar-refractivity contribution < 1.29 is 8.78 Å². The van der Waals surface area contributed by atoms with Crippen molar-refractivity contribution in [2.45, 2.75) is 104 Å². The fourth-order valence-electron chi connectivity index (χ4n) is 3.77. The summed E-state index contributed by atoms with van der Waals surface area (Å²) in [6, 6.07) is 0. The topological polar surface area (TPSA) is 3.24 Å². The minimum absolute atomic E-state index is 0.177. The second kappa shape index (κ2) is 10.4. The highest BCUT2D eigenvalue weighted by molar-refractivity contribution is 4.90. The van der Waals surface area contributed by atoms with Gasteiger partial charge in [-0.05, 0) is 62.8 Å². The third-order valence-corrected chi connectivity index (χ3v) is 7.17. The Morgan fingerprint density at radius 3 is 1.31 bits per heavy atom. The lowest BCUT2D eigenvalue weighted by Crippen LogP contribution is -2.42. The molecule has 156 valence electrons. The molecule has 1 heterocycles. The van der Waals surface area contributed by atoms with Crippen LogP contribution in [0.1, 0.15) is 92.9 Å². The molecule has 0 spiro atoms. The molecule has 0 bridgehead atoms. The van der Waals surface area contributed by atoms with Crippen LogP contribution in [0.4, 0.5) is 8.78 Å². The van der Waals surface area contributed by atoms with Crippen LogP contribution in [-0.4, -0.2) is 36.4 Å². The van der Waals surface area contributed by atoms with E-state index in [1.165, 1.54) is 19.3 Å². The Balaban J connectivity index is 0.000000201. The Morgan fingerprint density at radius 2 is 1.15 bits per heavy atom. The average molecular weight is 374 g/mol. The molecular formula is C23H45F2N. The number of halogens is 2. The maximum Gasteiger partial charge on any atom is 0.115 e. The van der Waals surface area contributed by atoms with Gasteiger partial charge < -0.3 is 4.90 Å². The van der Waals surface area contributed by atoms with E-state index in [2.05, 4.69) is 25.8 Å². The van der Waals surface area contributed by atoms with Gasteiger partial charge in [-0.25, -0.2) is 8.78 Å². The minimum atomic E-state index is -0.882. The van der Waals surface area contributed by atoms with E-state index >= 15 is 0 Å². The second-order valence-electron chi connectivity index (χ2n) is 9.97. The predicted molar refractivity (Wildman–Crippen MR) is 110 cm³/mol. The van der Waals surface area contributed by atoms with Crippen molar-refractivity contribution in [3.63, 3.8) is 0 Å². The van der Waals surface area contributed by atoms with Crippen LogP contribution in [0, 0.1) is 23.7 Å². The van der Waals surface area contributed by atoms with E-state index in [-0.39, 0.29) is 11.8 Å². The first kappa shape index (κ1) is 23.9. The van der Waals surface area contributed by atoms with E-state index in [0.717, 1.165) is 44.2 Å². The van der Waals surface area contributed by atoms with E-state index < -0.39 is 11.3 Å². The summed E-state index contributed by atoms with van der Waals surface area (Å²) in [5, 5.41) is 0. The van der Waals surface area contributed by atoms with Gasteiger partial charge in [0, 0.05) is 13.1 Å². The van der Waals surface area contributed by atoms with E-state index in [9.17, 15) is 8.78 Å². The Morgan fingerprint density at radius 1 is 0.731 bits per heavy atom. The van der Waals surface area contributed by atoms with E-state index in [4.69, 9.17) is 0 Å². The van der Waals surface area contributed by atoms with Gasteiger partial charge in [-0.15, -0.1) is 0 Å². The Kier molecular flexibility index (Phi) is 9.53. The van der Waals surface area contributed by atoms with Crippen molar-refractivity contribution in [3.8, 4) is 0 Å². The zero-order valence-electron chi connectivity index (χ0n) is 18.6. The van der Waals surface area contributed by atoms with Crippen molar-refractivity contribution in [1.29, 1.82) is 0 Å². The minimum Gasteiger partial charge on any atom is -0.306 e. The van der Waals surface area contributed by atoms with Crippen LogP contribution in [0.15, 0.2) is 0 Å². The summed E-state index contributed by atoms with van der Waals surface area (Å²) in [7, 11) is 2.06. The second-order valence-corrected chi connectivity index (χ2v) is 9.97. The van der Waals surface area contributed by atoms with Gasteiger partial charge in [0.2, 0.25) is 0 Å². The van der Waals surface area contributed by atoms with Crippen LogP contribution in [0.25, 0.3) is 0 Å². The summed E-state index contributed by atoms with van der Waals surface area (Å²) >= 11 is 0. The molecule has 0 radical (unpaired) electrons. The van der Waals surface area contributed by atoms with Crippen LogP contribution < -0.4 is 0 Å². The van der Waals surface area contributed by atoms with Crippen LogP contribution in [0.3, 0.4) is 0 Å². The maximum atomic E-state index is 13.8. The van der Waals surface area contributed by atoms with Gasteiger partial charge in [-0.1, -0.05) is 60.8 Å². The first-order valence-corrected chi connectivity index (χ1v) is 11.1. The van der Waals surface area contributed by atoms with Gasteiger partial charge in [0.15, 0.2) is 0 Å². The standard InChI is InChI=1S/C9H18FN.C7H13F.C7H14/c1-8(2)9(10)4-6-11(3)7-5-9;1-6(2)7(8)4-3-5-7;1-6(2)7-4-3-5-7/h8H,4-7H2,1-3H3;6H,3-5H2,1-2H3;6-7H,3-5H2,1-2H3. The average Bonchev–Trinajstić information content (AvgIpc) is 2.46. The largest absolute Gasteiger partial charge is 0.306 e. The molecule has 1 aliphatic heterocycles. The number of likely N-dealkylation sites (tertiary alicyclic amines) is 1. The highest BCUT2D eigenvalue weighted by Gasteiger charge is 2.39. The van der Waals surface area contributed by atoms with Crippen molar-refractivity contribution in [2.24, 2.45) is 23.7 Å². The summed E-state index contributed by atoms with van der Waals surface area (Å²) in [5.41, 5.74) is -1.66. The number of piperidine rings is 1. The summed E-state index contributed by atoms with van der Waals surface area (Å²) in [6.07, 6.45) is 8.59. The molecule has 3 rings (SSSR count). The zero-order chi connectivity index (χ0) is 20.0. The van der Waals surface area contributed by atoms with Crippen molar-refractivity contribution >= 4 is 0 Å². The Bertz CT molecular complexity index is 376. The molecule has 3 aliphatic rings. The molecule has 2 aliphatic carbocycles. The summed E-state index contributed by atoms with van der Waals surface area (Å²) < 4.78 is 26.9.